The van der Waals surface area contributed by atoms with E-state index in [-0.39, 0.29) is 0 Å². The van der Waals surface area contributed by atoms with E-state index in [9.17, 15) is 0 Å². The maximum absolute atomic E-state index is 5.22. The van der Waals surface area contributed by atoms with Crippen molar-refractivity contribution in [1.29, 1.82) is 0 Å². The second-order valence-corrected chi connectivity index (χ2v) is 15.9. The van der Waals surface area contributed by atoms with Crippen LogP contribution in [0.4, 0.5) is 0 Å². The highest BCUT2D eigenvalue weighted by atomic mass is 32.1. The van der Waals surface area contributed by atoms with Crippen LogP contribution in [0, 0.1) is 0 Å². The predicted octanol–water partition coefficient (Wildman–Crippen LogP) is 13.5. The molecule has 8 aromatic carbocycles. The predicted molar refractivity (Wildman–Crippen MR) is 239 cm³/mol. The first-order valence-electron chi connectivity index (χ1n) is 19.2. The van der Waals surface area contributed by atoms with Crippen LogP contribution in [0.1, 0.15) is 0 Å². The average molecular weight is 744 g/mol. The summed E-state index contributed by atoms with van der Waals surface area (Å²) in [7, 11) is 0. The molecule has 5 aromatic heterocycles. The molecule has 0 N–H and O–H groups in total. The van der Waals surface area contributed by atoms with Gasteiger partial charge in [0.05, 0.1) is 27.6 Å². The largest absolute Gasteiger partial charge is 0.308 e. The lowest BCUT2D eigenvalue weighted by atomic mass is 10.0. The van der Waals surface area contributed by atoms with Crippen LogP contribution in [0.5, 0.6) is 0 Å². The molecule has 0 bridgehead atoms. The Balaban J connectivity index is 1.23. The fourth-order valence-corrected chi connectivity index (χ4v) is 10.5. The number of thiophene rings is 1. The average Bonchev–Trinajstić information content (AvgIpc) is 3.94. The van der Waals surface area contributed by atoms with E-state index in [0.29, 0.717) is 17.6 Å². The van der Waals surface area contributed by atoms with Crippen molar-refractivity contribution in [2.75, 3.05) is 0 Å². The zero-order valence-electron chi connectivity index (χ0n) is 30.4. The van der Waals surface area contributed by atoms with Gasteiger partial charge in [-0.1, -0.05) is 140 Å². The Labute approximate surface area is 329 Å². The van der Waals surface area contributed by atoms with Crippen LogP contribution in [0.3, 0.4) is 0 Å². The summed E-state index contributed by atoms with van der Waals surface area (Å²) in [5, 5.41) is 12.3. The molecular weight excluding hydrogens is 715 g/mol. The Morgan fingerprint density at radius 2 is 0.825 bits per heavy atom. The minimum atomic E-state index is 0.585. The van der Waals surface area contributed by atoms with E-state index in [0.717, 1.165) is 38.4 Å². The summed E-state index contributed by atoms with van der Waals surface area (Å²) < 4.78 is 7.38. The smallest absolute Gasteiger partial charge is 0.238 e. The van der Waals surface area contributed by atoms with Crippen LogP contribution < -0.4 is 0 Å². The van der Waals surface area contributed by atoms with Crippen LogP contribution >= 0.6 is 11.3 Å². The van der Waals surface area contributed by atoms with Gasteiger partial charge in [-0.25, -0.2) is 4.98 Å². The zero-order chi connectivity index (χ0) is 37.2. The van der Waals surface area contributed by atoms with E-state index < -0.39 is 0 Å². The van der Waals surface area contributed by atoms with Gasteiger partial charge in [-0.3, -0.25) is 4.57 Å². The van der Waals surface area contributed by atoms with Gasteiger partial charge in [0.2, 0.25) is 5.95 Å². The maximum Gasteiger partial charge on any atom is 0.238 e. The number of fused-ring (bicyclic) bond motifs is 10. The number of aromatic nitrogens is 5. The number of rotatable bonds is 3. The first kappa shape index (κ1) is 30.9. The van der Waals surface area contributed by atoms with Crippen molar-refractivity contribution in [3.8, 4) is 28.7 Å². The van der Waals surface area contributed by atoms with Crippen LogP contribution in [0.25, 0.3) is 120 Å². The summed E-state index contributed by atoms with van der Waals surface area (Å²) in [6.07, 6.45) is 0. The molecule has 0 fully saturated rings. The van der Waals surface area contributed by atoms with Gasteiger partial charge in [0, 0.05) is 63.6 Å². The molecule has 0 aliphatic heterocycles. The summed E-state index contributed by atoms with van der Waals surface area (Å²) in [6.45, 7) is 0. The van der Waals surface area contributed by atoms with Crippen LogP contribution in [0.2, 0.25) is 0 Å². The number of hydrogen-bond acceptors (Lipinski definition) is 4. The van der Waals surface area contributed by atoms with Gasteiger partial charge in [0.25, 0.3) is 0 Å². The second kappa shape index (κ2) is 11.6. The third-order valence-corrected chi connectivity index (χ3v) is 12.8. The van der Waals surface area contributed by atoms with Crippen molar-refractivity contribution >= 4 is 102 Å². The lowest BCUT2D eigenvalue weighted by Gasteiger charge is -2.11. The van der Waals surface area contributed by atoms with Crippen molar-refractivity contribution in [2.45, 2.75) is 0 Å². The molecule has 5 heterocycles. The molecule has 264 valence electrons. The SMILES string of the molecule is c1ccc(-c2nc(-c3ccccc3)nc(-n3c4ccccc4c4cc5c(cc43)c3cccc4c6cccc7sc8cccc(c9ccccc9n5c43)c8c76)n2)cc1. The highest BCUT2D eigenvalue weighted by molar-refractivity contribution is 7.26. The number of benzene rings is 8. The second-order valence-electron chi connectivity index (χ2n) is 14.8. The molecule has 13 rings (SSSR count). The molecule has 0 radical (unpaired) electrons. The van der Waals surface area contributed by atoms with E-state index in [4.69, 9.17) is 15.0 Å². The van der Waals surface area contributed by atoms with Gasteiger partial charge in [-0.15, -0.1) is 11.3 Å². The third-order valence-electron chi connectivity index (χ3n) is 11.7. The fraction of sp³-hybridized carbons (Fsp3) is 0. The van der Waals surface area contributed by atoms with Crippen molar-refractivity contribution in [1.82, 2.24) is 23.9 Å². The molecule has 57 heavy (non-hydrogen) atoms. The summed E-state index contributed by atoms with van der Waals surface area (Å²) in [6, 6.07) is 63.1. The van der Waals surface area contributed by atoms with Crippen molar-refractivity contribution in [2.24, 2.45) is 0 Å². The lowest BCUT2D eigenvalue weighted by Crippen LogP contribution is -2.06. The molecule has 0 atom stereocenters. The summed E-state index contributed by atoms with van der Waals surface area (Å²) >= 11 is 1.88. The standard InChI is InChI=1S/C51H29N5S/c1-3-14-30(15-4-1)49-52-50(31-16-5-2-6-17-31)54-51(53-49)56-41-25-10-8-19-33(41)38-28-42-39(29-43(38)56)37-23-11-22-36-35-21-13-27-45-47(35)46-34(20-12-26-44(46)57-45)32-18-7-9-24-40(32)55(42)48(36)37/h1-29H. The highest BCUT2D eigenvalue weighted by Gasteiger charge is 2.22. The molecule has 0 amide bonds. The monoisotopic (exact) mass is 743 g/mol. The molecule has 0 unspecified atom stereocenters. The first-order valence-corrected chi connectivity index (χ1v) is 20.0. The normalized spacial score (nSPS) is 12.2. The quantitative estimate of drug-likeness (QED) is 0.181. The molecule has 0 saturated heterocycles. The topological polar surface area (TPSA) is 48.0 Å². The minimum absolute atomic E-state index is 0.585. The number of para-hydroxylation sites is 3. The molecule has 0 spiro atoms. The van der Waals surface area contributed by atoms with Crippen LogP contribution in [-0.4, -0.2) is 23.9 Å². The third kappa shape index (κ3) is 4.30. The van der Waals surface area contributed by atoms with E-state index in [1.807, 2.05) is 47.7 Å². The first-order chi connectivity index (χ1) is 28.3. The number of nitrogens with zero attached hydrogens (tertiary/aromatic N) is 5. The minimum Gasteiger partial charge on any atom is -0.308 e. The van der Waals surface area contributed by atoms with Crippen molar-refractivity contribution in [3.63, 3.8) is 0 Å². The van der Waals surface area contributed by atoms with Gasteiger partial charge in [0.15, 0.2) is 11.6 Å². The van der Waals surface area contributed by atoms with E-state index in [2.05, 4.69) is 148 Å². The summed E-state index contributed by atoms with van der Waals surface area (Å²) in [5.74, 6) is 1.86. The van der Waals surface area contributed by atoms with Gasteiger partial charge in [-0.2, -0.15) is 9.97 Å². The molecule has 13 aromatic rings. The van der Waals surface area contributed by atoms with Gasteiger partial charge < -0.3 is 4.40 Å². The van der Waals surface area contributed by atoms with Crippen LogP contribution in [0.15, 0.2) is 176 Å². The van der Waals surface area contributed by atoms with Gasteiger partial charge in [-0.05, 0) is 47.2 Å². The van der Waals surface area contributed by atoms with Gasteiger partial charge in [0.1, 0.15) is 0 Å². The molecule has 0 aliphatic carbocycles. The summed E-state index contributed by atoms with van der Waals surface area (Å²) in [4.78, 5) is 15.5. The van der Waals surface area contributed by atoms with Crippen molar-refractivity contribution < 1.29 is 0 Å². The summed E-state index contributed by atoms with van der Waals surface area (Å²) in [5.41, 5.74) is 7.51. The Morgan fingerprint density at radius 3 is 1.49 bits per heavy atom. The van der Waals surface area contributed by atoms with E-state index >= 15 is 0 Å². The molecule has 5 nitrogen and oxygen atoms in total. The lowest BCUT2D eigenvalue weighted by molar-refractivity contribution is 0.954. The Hall–Kier alpha value is -7.41. The van der Waals surface area contributed by atoms with E-state index in [1.54, 1.807) is 0 Å². The van der Waals surface area contributed by atoms with Gasteiger partial charge >= 0.3 is 0 Å². The Morgan fingerprint density at radius 1 is 0.351 bits per heavy atom. The van der Waals surface area contributed by atoms with Crippen molar-refractivity contribution in [3.05, 3.63) is 176 Å². The Bertz CT molecular complexity index is 3750. The fourth-order valence-electron chi connectivity index (χ4n) is 9.32. The Kier molecular flexibility index (Phi) is 6.26. The van der Waals surface area contributed by atoms with Crippen LogP contribution in [-0.2, 0) is 0 Å². The maximum atomic E-state index is 5.22. The molecule has 0 aliphatic rings. The zero-order valence-corrected chi connectivity index (χ0v) is 31.2. The molecular formula is C51H29N5S. The van der Waals surface area contributed by atoms with E-state index in [1.165, 1.54) is 63.5 Å². The number of hydrogen-bond donors (Lipinski definition) is 0. The highest BCUT2D eigenvalue weighted by Crippen LogP contribution is 2.45. The molecule has 0 saturated carbocycles. The molecule has 6 heteroatoms.